The number of hydrogen-bond acceptors (Lipinski definition) is 6. The second-order valence-electron chi connectivity index (χ2n) is 5.75. The van der Waals surface area contributed by atoms with Crippen LogP contribution in [0.3, 0.4) is 0 Å². The summed E-state index contributed by atoms with van der Waals surface area (Å²) in [6.45, 7) is 2.38. The summed E-state index contributed by atoms with van der Waals surface area (Å²) in [4.78, 5) is 20.3. The fraction of sp³-hybridized carbons (Fsp3) is 0.389. The Bertz CT molecular complexity index is 675. The number of ether oxygens (including phenoxy) is 2. The highest BCUT2D eigenvalue weighted by molar-refractivity contribution is 5.94. The lowest BCUT2D eigenvalue weighted by Crippen LogP contribution is -2.28. The molecule has 0 spiro atoms. The van der Waals surface area contributed by atoms with E-state index in [4.69, 9.17) is 9.47 Å². The highest BCUT2D eigenvalue weighted by Crippen LogP contribution is 2.17. The molecule has 7 nitrogen and oxygen atoms in total. The molecule has 1 aliphatic rings. The summed E-state index contributed by atoms with van der Waals surface area (Å²) in [6, 6.07) is 7.18. The fourth-order valence-electron chi connectivity index (χ4n) is 2.55. The first-order valence-corrected chi connectivity index (χ1v) is 8.44. The van der Waals surface area contributed by atoms with Crippen molar-refractivity contribution in [3.8, 4) is 5.75 Å². The molecule has 1 aromatic heterocycles. The van der Waals surface area contributed by atoms with Gasteiger partial charge in [-0.2, -0.15) is 0 Å². The van der Waals surface area contributed by atoms with Crippen LogP contribution in [0.2, 0.25) is 0 Å². The van der Waals surface area contributed by atoms with E-state index in [0.29, 0.717) is 36.8 Å². The van der Waals surface area contributed by atoms with E-state index in [1.165, 1.54) is 0 Å². The Hall–Kier alpha value is -2.67. The molecule has 3 rings (SSSR count). The number of carbonyl (C=O) groups excluding carboxylic acids is 1. The van der Waals surface area contributed by atoms with Gasteiger partial charge in [-0.25, -0.2) is 4.98 Å². The third-order valence-electron chi connectivity index (χ3n) is 3.84. The van der Waals surface area contributed by atoms with Gasteiger partial charge in [-0.15, -0.1) is 0 Å². The molecule has 0 saturated carbocycles. The molecule has 0 radical (unpaired) electrons. The number of benzene rings is 1. The van der Waals surface area contributed by atoms with Crippen LogP contribution in [0.15, 0.2) is 42.9 Å². The third-order valence-corrected chi connectivity index (χ3v) is 3.84. The predicted octanol–water partition coefficient (Wildman–Crippen LogP) is 1.88. The van der Waals surface area contributed by atoms with Crippen molar-refractivity contribution in [2.45, 2.75) is 18.9 Å². The van der Waals surface area contributed by atoms with E-state index in [-0.39, 0.29) is 12.0 Å². The molecule has 2 N–H and O–H groups in total. The van der Waals surface area contributed by atoms with Crippen LogP contribution in [0, 0.1) is 0 Å². The Morgan fingerprint density at radius 1 is 1.32 bits per heavy atom. The van der Waals surface area contributed by atoms with Crippen LogP contribution >= 0.6 is 0 Å². The predicted molar refractivity (Wildman–Crippen MR) is 93.8 cm³/mol. The Labute approximate surface area is 146 Å². The first kappa shape index (κ1) is 17.2. The zero-order valence-corrected chi connectivity index (χ0v) is 14.0. The quantitative estimate of drug-likeness (QED) is 0.713. The summed E-state index contributed by atoms with van der Waals surface area (Å²) in [7, 11) is 0. The summed E-state index contributed by atoms with van der Waals surface area (Å²) in [6.07, 6.45) is 7.13. The molecule has 1 saturated heterocycles. The summed E-state index contributed by atoms with van der Waals surface area (Å²) in [5, 5.41) is 5.95. The van der Waals surface area contributed by atoms with Gasteiger partial charge in [-0.1, -0.05) is 6.07 Å². The van der Waals surface area contributed by atoms with Crippen LogP contribution in [0.1, 0.15) is 23.2 Å². The van der Waals surface area contributed by atoms with Gasteiger partial charge < -0.3 is 20.1 Å². The fourth-order valence-corrected chi connectivity index (χ4v) is 2.55. The van der Waals surface area contributed by atoms with Crippen molar-refractivity contribution in [1.82, 2.24) is 15.3 Å². The molecule has 0 aliphatic carbocycles. The minimum absolute atomic E-state index is 0.136. The zero-order valence-electron chi connectivity index (χ0n) is 14.0. The average molecular weight is 342 g/mol. The van der Waals surface area contributed by atoms with Crippen molar-refractivity contribution in [2.24, 2.45) is 0 Å². The van der Waals surface area contributed by atoms with Crippen LogP contribution in [-0.4, -0.2) is 48.3 Å². The maximum absolute atomic E-state index is 12.2. The highest BCUT2D eigenvalue weighted by atomic mass is 16.5. The smallest absolute Gasteiger partial charge is 0.251 e. The lowest BCUT2D eigenvalue weighted by Gasteiger charge is -2.12. The van der Waals surface area contributed by atoms with Crippen LogP contribution in [0.4, 0.5) is 5.82 Å². The van der Waals surface area contributed by atoms with Gasteiger partial charge >= 0.3 is 0 Å². The van der Waals surface area contributed by atoms with Crippen molar-refractivity contribution in [1.29, 1.82) is 0 Å². The van der Waals surface area contributed by atoms with Crippen LogP contribution < -0.4 is 15.4 Å². The van der Waals surface area contributed by atoms with E-state index in [1.54, 1.807) is 30.7 Å². The maximum Gasteiger partial charge on any atom is 0.251 e. The monoisotopic (exact) mass is 342 g/mol. The molecular weight excluding hydrogens is 320 g/mol. The molecule has 1 aromatic carbocycles. The second-order valence-corrected chi connectivity index (χ2v) is 5.75. The van der Waals surface area contributed by atoms with E-state index in [0.717, 1.165) is 19.4 Å². The first-order valence-electron chi connectivity index (χ1n) is 8.44. The standard InChI is InChI=1S/C18H22N4O3/c23-18(22-9-8-21-17-12-19-6-7-20-17)14-3-1-4-15(11-14)25-13-16-5-2-10-24-16/h1,3-4,6-7,11-12,16H,2,5,8-10,13H2,(H,20,21)(H,22,23). The van der Waals surface area contributed by atoms with Gasteiger partial charge in [0.05, 0.1) is 12.3 Å². The van der Waals surface area contributed by atoms with Gasteiger partial charge in [-0.3, -0.25) is 9.78 Å². The molecule has 2 heterocycles. The number of carbonyl (C=O) groups is 1. The van der Waals surface area contributed by atoms with Crippen molar-refractivity contribution in [3.63, 3.8) is 0 Å². The van der Waals surface area contributed by atoms with Crippen molar-refractivity contribution in [2.75, 3.05) is 31.6 Å². The molecule has 0 bridgehead atoms. The average Bonchev–Trinajstić information content (AvgIpc) is 3.18. The minimum atomic E-state index is -0.136. The molecule has 1 amide bonds. The van der Waals surface area contributed by atoms with Crippen molar-refractivity contribution >= 4 is 11.7 Å². The second kappa shape index (κ2) is 8.98. The molecule has 25 heavy (non-hydrogen) atoms. The Kier molecular flexibility index (Phi) is 6.17. The molecule has 1 unspecified atom stereocenters. The molecule has 1 atom stereocenters. The number of aromatic nitrogens is 2. The molecule has 7 heteroatoms. The van der Waals surface area contributed by atoms with E-state index < -0.39 is 0 Å². The molecule has 2 aromatic rings. The molecule has 1 aliphatic heterocycles. The molecular formula is C18H22N4O3. The summed E-state index contributed by atoms with van der Waals surface area (Å²) >= 11 is 0. The van der Waals surface area contributed by atoms with Gasteiger partial charge in [0, 0.05) is 37.7 Å². The number of amides is 1. The van der Waals surface area contributed by atoms with Gasteiger partial charge in [0.1, 0.15) is 18.2 Å². The largest absolute Gasteiger partial charge is 0.491 e. The van der Waals surface area contributed by atoms with Crippen molar-refractivity contribution < 1.29 is 14.3 Å². The number of hydrogen-bond donors (Lipinski definition) is 2. The van der Waals surface area contributed by atoms with Gasteiger partial charge in [0.25, 0.3) is 5.91 Å². The maximum atomic E-state index is 12.2. The number of anilines is 1. The number of rotatable bonds is 8. The van der Waals surface area contributed by atoms with E-state index in [1.807, 2.05) is 12.1 Å². The van der Waals surface area contributed by atoms with E-state index in [2.05, 4.69) is 20.6 Å². The van der Waals surface area contributed by atoms with Gasteiger partial charge in [0.2, 0.25) is 0 Å². The van der Waals surface area contributed by atoms with Crippen LogP contribution in [0.25, 0.3) is 0 Å². The summed E-state index contributed by atoms with van der Waals surface area (Å²) in [5.41, 5.74) is 0.573. The highest BCUT2D eigenvalue weighted by Gasteiger charge is 2.16. The first-order chi connectivity index (χ1) is 12.3. The summed E-state index contributed by atoms with van der Waals surface area (Å²) < 4.78 is 11.3. The van der Waals surface area contributed by atoms with Crippen molar-refractivity contribution in [3.05, 3.63) is 48.4 Å². The van der Waals surface area contributed by atoms with Gasteiger partial charge in [0.15, 0.2) is 0 Å². The zero-order chi connectivity index (χ0) is 17.3. The SMILES string of the molecule is O=C(NCCNc1cnccn1)c1cccc(OCC2CCCO2)c1. The van der Waals surface area contributed by atoms with Gasteiger partial charge in [-0.05, 0) is 31.0 Å². The van der Waals surface area contributed by atoms with Crippen LogP contribution in [-0.2, 0) is 4.74 Å². The Balaban J connectivity index is 1.42. The van der Waals surface area contributed by atoms with Crippen LogP contribution in [0.5, 0.6) is 5.75 Å². The molecule has 132 valence electrons. The third kappa shape index (κ3) is 5.42. The molecule has 1 fully saturated rings. The lowest BCUT2D eigenvalue weighted by molar-refractivity contribution is 0.0679. The van der Waals surface area contributed by atoms with E-state index in [9.17, 15) is 4.79 Å². The number of nitrogens with zero attached hydrogens (tertiary/aromatic N) is 2. The minimum Gasteiger partial charge on any atom is -0.491 e. The van der Waals surface area contributed by atoms with E-state index >= 15 is 0 Å². The Morgan fingerprint density at radius 3 is 3.08 bits per heavy atom. The topological polar surface area (TPSA) is 85.4 Å². The lowest BCUT2D eigenvalue weighted by atomic mass is 10.2. The normalized spacial score (nSPS) is 16.4. The summed E-state index contributed by atoms with van der Waals surface area (Å²) in [5.74, 6) is 1.23. The Morgan fingerprint density at radius 2 is 2.28 bits per heavy atom. The number of nitrogens with one attached hydrogen (secondary N) is 2.